The lowest BCUT2D eigenvalue weighted by molar-refractivity contribution is -0.137. The van der Waals surface area contributed by atoms with Crippen LogP contribution in [0.3, 0.4) is 0 Å². The zero-order valence-electron chi connectivity index (χ0n) is 15.7. The third-order valence-corrected chi connectivity index (χ3v) is 4.22. The molecule has 2 aromatic heterocycles. The van der Waals surface area contributed by atoms with Crippen LogP contribution in [0.1, 0.15) is 15.9 Å². The average molecular weight is 425 g/mol. The largest absolute Gasteiger partial charge is 0.439 e. The molecule has 10 heteroatoms. The van der Waals surface area contributed by atoms with Crippen LogP contribution in [0.25, 0.3) is 5.69 Å². The number of amides is 1. The topological polar surface area (TPSA) is 81.9 Å². The highest BCUT2D eigenvalue weighted by atomic mass is 19.4. The minimum absolute atomic E-state index is 0.00645. The Morgan fingerprint density at radius 3 is 2.42 bits per heavy atom. The Morgan fingerprint density at radius 1 is 1.00 bits per heavy atom. The Kier molecular flexibility index (Phi) is 5.35. The number of alkyl halides is 3. The number of anilines is 1. The fourth-order valence-corrected chi connectivity index (χ4v) is 2.71. The second-order valence-corrected chi connectivity index (χ2v) is 6.33. The molecule has 156 valence electrons. The van der Waals surface area contributed by atoms with Gasteiger partial charge in [-0.3, -0.25) is 4.79 Å². The summed E-state index contributed by atoms with van der Waals surface area (Å²) >= 11 is 0. The molecule has 4 rings (SSSR count). The van der Waals surface area contributed by atoms with E-state index in [9.17, 15) is 18.0 Å². The third kappa shape index (κ3) is 4.69. The zero-order chi connectivity index (χ0) is 21.8. The highest BCUT2D eigenvalue weighted by molar-refractivity contribution is 6.05. The summed E-state index contributed by atoms with van der Waals surface area (Å²) in [4.78, 5) is 16.3. The highest BCUT2D eigenvalue weighted by Crippen LogP contribution is 2.30. The van der Waals surface area contributed by atoms with E-state index in [1.165, 1.54) is 35.1 Å². The predicted molar refractivity (Wildman–Crippen MR) is 105 cm³/mol. The van der Waals surface area contributed by atoms with Crippen LogP contribution in [0.5, 0.6) is 11.6 Å². The van der Waals surface area contributed by atoms with E-state index in [0.29, 0.717) is 28.9 Å². The number of aromatic nitrogens is 4. The molecule has 0 aliphatic carbocycles. The molecule has 4 aromatic rings. The molecule has 0 radical (unpaired) electrons. The van der Waals surface area contributed by atoms with Crippen molar-refractivity contribution in [3.05, 3.63) is 90.4 Å². The number of rotatable bonds is 5. The Hall–Kier alpha value is -4.21. The summed E-state index contributed by atoms with van der Waals surface area (Å²) in [6.45, 7) is 0. The van der Waals surface area contributed by atoms with Crippen molar-refractivity contribution in [3.8, 4) is 17.3 Å². The Bertz CT molecular complexity index is 1180. The van der Waals surface area contributed by atoms with Gasteiger partial charge in [0, 0.05) is 17.8 Å². The van der Waals surface area contributed by atoms with Crippen molar-refractivity contribution in [3.63, 3.8) is 0 Å². The Balaban J connectivity index is 1.45. The van der Waals surface area contributed by atoms with Gasteiger partial charge in [-0.15, -0.1) is 5.10 Å². The van der Waals surface area contributed by atoms with Crippen LogP contribution in [-0.4, -0.2) is 25.9 Å². The quantitative estimate of drug-likeness (QED) is 0.500. The van der Waals surface area contributed by atoms with Crippen molar-refractivity contribution in [2.24, 2.45) is 0 Å². The number of hydrogen-bond donors (Lipinski definition) is 1. The summed E-state index contributed by atoms with van der Waals surface area (Å²) in [7, 11) is 0. The van der Waals surface area contributed by atoms with Gasteiger partial charge < -0.3 is 10.1 Å². The summed E-state index contributed by atoms with van der Waals surface area (Å²) in [6.07, 6.45) is -0.577. The smallest absolute Gasteiger partial charge is 0.417 e. The number of benzene rings is 2. The highest BCUT2D eigenvalue weighted by Gasteiger charge is 2.30. The van der Waals surface area contributed by atoms with E-state index < -0.39 is 11.7 Å². The standard InChI is InChI=1S/C21H14F3N5O2/c22-21(23,24)15-7-10-19(25-13-15)31-16-8-5-14(6-9-16)20(30)27-17-3-1-2-4-18(17)29-12-11-26-28-29/h1-13H,(H,27,30). The molecule has 0 bridgehead atoms. The molecule has 1 N–H and O–H groups in total. The normalized spacial score (nSPS) is 11.2. The maximum atomic E-state index is 12.6. The van der Waals surface area contributed by atoms with E-state index in [2.05, 4.69) is 20.6 Å². The van der Waals surface area contributed by atoms with Crippen molar-refractivity contribution in [1.82, 2.24) is 20.0 Å². The van der Waals surface area contributed by atoms with E-state index in [4.69, 9.17) is 4.74 Å². The number of nitrogens with one attached hydrogen (secondary N) is 1. The summed E-state index contributed by atoms with van der Waals surface area (Å²) in [5, 5.41) is 10.5. The SMILES string of the molecule is O=C(Nc1ccccc1-n1ccnn1)c1ccc(Oc2ccc(C(F)(F)F)cn2)cc1. The minimum Gasteiger partial charge on any atom is -0.439 e. The fourth-order valence-electron chi connectivity index (χ4n) is 2.71. The molecule has 0 aliphatic heterocycles. The maximum absolute atomic E-state index is 12.6. The van der Waals surface area contributed by atoms with Crippen molar-refractivity contribution in [1.29, 1.82) is 0 Å². The van der Waals surface area contributed by atoms with Crippen molar-refractivity contribution < 1.29 is 22.7 Å². The first-order chi connectivity index (χ1) is 14.9. The Labute approximate surface area is 174 Å². The molecule has 2 aromatic carbocycles. The first-order valence-corrected chi connectivity index (χ1v) is 8.98. The molecular weight excluding hydrogens is 411 g/mol. The van der Waals surface area contributed by atoms with Gasteiger partial charge in [0.05, 0.1) is 29.3 Å². The van der Waals surface area contributed by atoms with Gasteiger partial charge in [-0.05, 0) is 42.5 Å². The zero-order valence-corrected chi connectivity index (χ0v) is 15.7. The third-order valence-electron chi connectivity index (χ3n) is 4.22. The summed E-state index contributed by atoms with van der Waals surface area (Å²) in [5.74, 6) is -0.0226. The van der Waals surface area contributed by atoms with Gasteiger partial charge in [-0.2, -0.15) is 13.2 Å². The predicted octanol–water partition coefficient (Wildman–Crippen LogP) is 4.73. The van der Waals surface area contributed by atoms with Gasteiger partial charge >= 0.3 is 6.18 Å². The second kappa shape index (κ2) is 8.27. The lowest BCUT2D eigenvalue weighted by Gasteiger charge is -2.11. The van der Waals surface area contributed by atoms with Crippen LogP contribution >= 0.6 is 0 Å². The van der Waals surface area contributed by atoms with Crippen LogP contribution in [0.4, 0.5) is 18.9 Å². The molecule has 0 saturated carbocycles. The van der Waals surface area contributed by atoms with E-state index in [-0.39, 0.29) is 11.8 Å². The fraction of sp³-hybridized carbons (Fsp3) is 0.0476. The number of para-hydroxylation sites is 2. The number of ether oxygens (including phenoxy) is 1. The minimum atomic E-state index is -4.47. The van der Waals surface area contributed by atoms with Gasteiger partial charge in [-0.1, -0.05) is 17.3 Å². The van der Waals surface area contributed by atoms with Gasteiger partial charge in [-0.25, -0.2) is 9.67 Å². The molecule has 31 heavy (non-hydrogen) atoms. The first-order valence-electron chi connectivity index (χ1n) is 8.98. The van der Waals surface area contributed by atoms with Crippen LogP contribution in [0.15, 0.2) is 79.3 Å². The number of pyridine rings is 1. The lowest BCUT2D eigenvalue weighted by Crippen LogP contribution is -2.14. The molecule has 7 nitrogen and oxygen atoms in total. The first kappa shape index (κ1) is 20.1. The number of nitrogens with zero attached hydrogens (tertiary/aromatic N) is 4. The van der Waals surface area contributed by atoms with Crippen molar-refractivity contribution >= 4 is 11.6 Å². The summed E-state index contributed by atoms with van der Waals surface area (Å²) < 4.78 is 44.8. The van der Waals surface area contributed by atoms with E-state index >= 15 is 0 Å². The van der Waals surface area contributed by atoms with E-state index in [1.54, 1.807) is 24.4 Å². The van der Waals surface area contributed by atoms with Gasteiger partial charge in [0.15, 0.2) is 0 Å². The summed E-state index contributed by atoms with van der Waals surface area (Å²) in [6, 6.07) is 15.3. The monoisotopic (exact) mass is 425 g/mol. The van der Waals surface area contributed by atoms with Crippen LogP contribution in [0, 0.1) is 0 Å². The number of carbonyl (C=O) groups excluding carboxylic acids is 1. The number of halogens is 3. The lowest BCUT2D eigenvalue weighted by atomic mass is 10.2. The van der Waals surface area contributed by atoms with Crippen molar-refractivity contribution in [2.75, 3.05) is 5.32 Å². The summed E-state index contributed by atoms with van der Waals surface area (Å²) in [5.41, 5.74) is 0.702. The second-order valence-electron chi connectivity index (χ2n) is 6.33. The molecule has 0 atom stereocenters. The van der Waals surface area contributed by atoms with Gasteiger partial charge in [0.2, 0.25) is 5.88 Å². The van der Waals surface area contributed by atoms with Gasteiger partial charge in [0.1, 0.15) is 5.75 Å². The van der Waals surface area contributed by atoms with Crippen LogP contribution in [0.2, 0.25) is 0 Å². The maximum Gasteiger partial charge on any atom is 0.417 e. The molecule has 2 heterocycles. The van der Waals surface area contributed by atoms with Gasteiger partial charge in [0.25, 0.3) is 5.91 Å². The number of hydrogen-bond acceptors (Lipinski definition) is 5. The molecule has 0 aliphatic rings. The average Bonchev–Trinajstić information content (AvgIpc) is 3.29. The molecule has 1 amide bonds. The Morgan fingerprint density at radius 2 is 1.77 bits per heavy atom. The van der Waals surface area contributed by atoms with E-state index in [1.807, 2.05) is 6.07 Å². The van der Waals surface area contributed by atoms with Crippen LogP contribution in [-0.2, 0) is 6.18 Å². The molecule has 0 fully saturated rings. The molecular formula is C21H14F3N5O2. The molecule has 0 spiro atoms. The molecule has 0 unspecified atom stereocenters. The van der Waals surface area contributed by atoms with E-state index in [0.717, 1.165) is 12.1 Å². The molecule has 0 saturated heterocycles. The van der Waals surface area contributed by atoms with Crippen LogP contribution < -0.4 is 10.1 Å². The number of carbonyl (C=O) groups is 1. The van der Waals surface area contributed by atoms with Crippen molar-refractivity contribution in [2.45, 2.75) is 6.18 Å².